The molecule has 0 amide bonds. The Morgan fingerprint density at radius 2 is 2.00 bits per heavy atom. The Labute approximate surface area is 85.1 Å². The summed E-state index contributed by atoms with van der Waals surface area (Å²) in [5.74, 6) is -0.359. The molecule has 0 saturated heterocycles. The minimum absolute atomic E-state index is 0.0934. The fourth-order valence-electron chi connectivity index (χ4n) is 1.10. The van der Waals surface area contributed by atoms with Crippen LogP contribution in [0.5, 0.6) is 0 Å². The van der Waals surface area contributed by atoms with Crippen LogP contribution < -0.4 is 0 Å². The maximum atomic E-state index is 11.3. The van der Waals surface area contributed by atoms with Crippen LogP contribution in [0.25, 0.3) is 0 Å². The van der Waals surface area contributed by atoms with Crippen LogP contribution in [-0.2, 0) is 14.3 Å². The Hall–Kier alpha value is -1.12. The summed E-state index contributed by atoms with van der Waals surface area (Å²) in [5, 5.41) is 0. The number of allylic oxidation sites excluding steroid dienone is 1. The van der Waals surface area contributed by atoms with Gasteiger partial charge in [0.2, 0.25) is 0 Å². The first-order chi connectivity index (χ1) is 6.52. The van der Waals surface area contributed by atoms with E-state index in [-0.39, 0.29) is 17.7 Å². The third kappa shape index (κ3) is 4.21. The van der Waals surface area contributed by atoms with E-state index in [0.717, 1.165) is 6.42 Å². The van der Waals surface area contributed by atoms with Gasteiger partial charge in [0.15, 0.2) is 0 Å². The van der Waals surface area contributed by atoms with Crippen LogP contribution in [0.15, 0.2) is 11.6 Å². The van der Waals surface area contributed by atoms with Crippen molar-refractivity contribution in [2.45, 2.75) is 33.6 Å². The van der Waals surface area contributed by atoms with E-state index in [0.29, 0.717) is 12.0 Å². The van der Waals surface area contributed by atoms with E-state index in [4.69, 9.17) is 0 Å². The summed E-state index contributed by atoms with van der Waals surface area (Å²) in [5.41, 5.74) is 0.595. The normalized spacial score (nSPS) is 13.6. The lowest BCUT2D eigenvalue weighted by atomic mass is 9.97. The second kappa shape index (κ2) is 6.35. The zero-order valence-corrected chi connectivity index (χ0v) is 9.29. The van der Waals surface area contributed by atoms with E-state index in [1.807, 2.05) is 19.9 Å². The SMILES string of the molecule is CC/C=C(\CC(C)C(C)=O)C(=O)OC. The Balaban J connectivity index is 4.46. The van der Waals surface area contributed by atoms with Crippen molar-refractivity contribution in [1.29, 1.82) is 0 Å². The number of ether oxygens (including phenoxy) is 1. The van der Waals surface area contributed by atoms with Gasteiger partial charge in [-0.3, -0.25) is 4.79 Å². The molecule has 0 radical (unpaired) electrons. The number of hydrogen-bond donors (Lipinski definition) is 0. The van der Waals surface area contributed by atoms with Crippen LogP contribution in [-0.4, -0.2) is 18.9 Å². The summed E-state index contributed by atoms with van der Waals surface area (Å²) >= 11 is 0. The van der Waals surface area contributed by atoms with Crippen LogP contribution in [0.3, 0.4) is 0 Å². The summed E-state index contributed by atoms with van der Waals surface area (Å²) in [6.07, 6.45) is 3.05. The number of rotatable bonds is 5. The van der Waals surface area contributed by atoms with Crippen molar-refractivity contribution in [1.82, 2.24) is 0 Å². The third-order valence-electron chi connectivity index (χ3n) is 2.12. The first-order valence-electron chi connectivity index (χ1n) is 4.80. The topological polar surface area (TPSA) is 43.4 Å². The van der Waals surface area contributed by atoms with E-state index < -0.39 is 0 Å². The van der Waals surface area contributed by atoms with Crippen molar-refractivity contribution >= 4 is 11.8 Å². The van der Waals surface area contributed by atoms with Crippen molar-refractivity contribution in [2.75, 3.05) is 7.11 Å². The molecule has 0 aliphatic rings. The van der Waals surface area contributed by atoms with Gasteiger partial charge in [-0.15, -0.1) is 0 Å². The first-order valence-corrected chi connectivity index (χ1v) is 4.80. The van der Waals surface area contributed by atoms with Crippen LogP contribution in [0, 0.1) is 5.92 Å². The second-order valence-electron chi connectivity index (χ2n) is 3.35. The summed E-state index contributed by atoms with van der Waals surface area (Å²) in [6, 6.07) is 0. The quantitative estimate of drug-likeness (QED) is 0.502. The molecule has 80 valence electrons. The highest BCUT2D eigenvalue weighted by Gasteiger charge is 2.15. The summed E-state index contributed by atoms with van der Waals surface area (Å²) in [6.45, 7) is 5.29. The molecule has 0 saturated carbocycles. The first kappa shape index (κ1) is 12.9. The van der Waals surface area contributed by atoms with E-state index in [9.17, 15) is 9.59 Å². The van der Waals surface area contributed by atoms with Crippen molar-refractivity contribution < 1.29 is 14.3 Å². The molecule has 3 nitrogen and oxygen atoms in total. The fraction of sp³-hybridized carbons (Fsp3) is 0.636. The van der Waals surface area contributed by atoms with E-state index in [1.54, 1.807) is 0 Å². The molecule has 0 bridgehead atoms. The molecule has 0 aromatic carbocycles. The molecule has 14 heavy (non-hydrogen) atoms. The Bertz CT molecular complexity index is 241. The molecule has 0 aliphatic heterocycles. The second-order valence-corrected chi connectivity index (χ2v) is 3.35. The van der Waals surface area contributed by atoms with Crippen LogP contribution >= 0.6 is 0 Å². The van der Waals surface area contributed by atoms with Crippen molar-refractivity contribution in [3.63, 3.8) is 0 Å². The van der Waals surface area contributed by atoms with Crippen molar-refractivity contribution in [3.05, 3.63) is 11.6 Å². The highest BCUT2D eigenvalue weighted by atomic mass is 16.5. The molecule has 0 N–H and O–H groups in total. The van der Waals surface area contributed by atoms with Gasteiger partial charge in [0, 0.05) is 11.5 Å². The van der Waals surface area contributed by atoms with Gasteiger partial charge in [-0.2, -0.15) is 0 Å². The fourth-order valence-corrected chi connectivity index (χ4v) is 1.10. The molecule has 0 rings (SSSR count). The Morgan fingerprint density at radius 1 is 1.43 bits per heavy atom. The maximum absolute atomic E-state index is 11.3. The molecule has 3 heteroatoms. The predicted octanol–water partition coefficient (Wildman–Crippen LogP) is 2.11. The van der Waals surface area contributed by atoms with Gasteiger partial charge in [-0.05, 0) is 19.8 Å². The van der Waals surface area contributed by atoms with Crippen LogP contribution in [0.2, 0.25) is 0 Å². The molecule has 0 aliphatic carbocycles. The van der Waals surface area contributed by atoms with Crippen molar-refractivity contribution in [2.24, 2.45) is 5.92 Å². The molecule has 0 heterocycles. The zero-order chi connectivity index (χ0) is 11.1. The lowest BCUT2D eigenvalue weighted by Gasteiger charge is -2.09. The number of Topliss-reactive ketones (excluding diaryl/α,β-unsaturated/α-hetero) is 1. The number of ketones is 1. The third-order valence-corrected chi connectivity index (χ3v) is 2.12. The smallest absolute Gasteiger partial charge is 0.333 e. The predicted molar refractivity (Wildman–Crippen MR) is 54.9 cm³/mol. The number of carbonyl (C=O) groups excluding carboxylic acids is 2. The summed E-state index contributed by atoms with van der Waals surface area (Å²) in [7, 11) is 1.35. The molecule has 0 aromatic heterocycles. The number of methoxy groups -OCH3 is 1. The van der Waals surface area contributed by atoms with E-state index in [2.05, 4.69) is 4.74 Å². The number of hydrogen-bond acceptors (Lipinski definition) is 3. The van der Waals surface area contributed by atoms with Gasteiger partial charge in [-0.25, -0.2) is 4.79 Å². The summed E-state index contributed by atoms with van der Waals surface area (Å²) < 4.78 is 4.63. The van der Waals surface area contributed by atoms with Gasteiger partial charge in [0.05, 0.1) is 7.11 Å². The van der Waals surface area contributed by atoms with Gasteiger partial charge in [0.25, 0.3) is 0 Å². The van der Waals surface area contributed by atoms with Gasteiger partial charge in [0.1, 0.15) is 5.78 Å². The Morgan fingerprint density at radius 3 is 2.36 bits per heavy atom. The number of carbonyl (C=O) groups is 2. The van der Waals surface area contributed by atoms with Gasteiger partial charge < -0.3 is 4.74 Å². The highest BCUT2D eigenvalue weighted by molar-refractivity contribution is 5.89. The number of esters is 1. The average Bonchev–Trinajstić information content (AvgIpc) is 2.15. The lowest BCUT2D eigenvalue weighted by molar-refractivity contribution is -0.136. The minimum atomic E-state index is -0.333. The lowest BCUT2D eigenvalue weighted by Crippen LogP contribution is -2.13. The van der Waals surface area contributed by atoms with Crippen LogP contribution in [0.1, 0.15) is 33.6 Å². The van der Waals surface area contributed by atoms with E-state index >= 15 is 0 Å². The molecular weight excluding hydrogens is 180 g/mol. The van der Waals surface area contributed by atoms with E-state index in [1.165, 1.54) is 14.0 Å². The van der Waals surface area contributed by atoms with Crippen molar-refractivity contribution in [3.8, 4) is 0 Å². The molecule has 0 aromatic rings. The largest absolute Gasteiger partial charge is 0.466 e. The zero-order valence-electron chi connectivity index (χ0n) is 9.29. The Kier molecular flexibility index (Phi) is 5.84. The molecule has 0 spiro atoms. The average molecular weight is 198 g/mol. The molecule has 1 unspecified atom stereocenters. The molecule has 0 fully saturated rings. The monoisotopic (exact) mass is 198 g/mol. The highest BCUT2D eigenvalue weighted by Crippen LogP contribution is 2.14. The van der Waals surface area contributed by atoms with Crippen LogP contribution in [0.4, 0.5) is 0 Å². The minimum Gasteiger partial charge on any atom is -0.466 e. The maximum Gasteiger partial charge on any atom is 0.333 e. The van der Waals surface area contributed by atoms with Gasteiger partial charge in [-0.1, -0.05) is 19.9 Å². The molecule has 1 atom stereocenters. The summed E-state index contributed by atoms with van der Waals surface area (Å²) in [4.78, 5) is 22.3. The van der Waals surface area contributed by atoms with Gasteiger partial charge >= 0.3 is 5.97 Å². The molecular formula is C11H18O3. The standard InChI is InChI=1S/C11H18O3/c1-5-6-10(11(13)14-4)7-8(2)9(3)12/h6,8H,5,7H2,1-4H3/b10-6+.